The minimum atomic E-state index is 0.596. The van der Waals surface area contributed by atoms with E-state index >= 15 is 0 Å². The molecule has 0 amide bonds. The summed E-state index contributed by atoms with van der Waals surface area (Å²) in [6.45, 7) is 1.56. The van der Waals surface area contributed by atoms with Crippen LogP contribution in [0.1, 0.15) is 6.42 Å². The molecule has 0 aliphatic carbocycles. The number of hydrogen-bond acceptors (Lipinski definition) is 3. The molecule has 0 spiro atoms. The van der Waals surface area contributed by atoms with Gasteiger partial charge < -0.3 is 15.4 Å². The van der Waals surface area contributed by atoms with E-state index in [2.05, 4.69) is 15.7 Å². The lowest BCUT2D eigenvalue weighted by atomic mass is 10.3. The van der Waals surface area contributed by atoms with E-state index < -0.39 is 0 Å². The van der Waals surface area contributed by atoms with E-state index in [-0.39, 0.29) is 0 Å². The zero-order valence-corrected chi connectivity index (χ0v) is 13.2. The summed E-state index contributed by atoms with van der Waals surface area (Å²) >= 11 is 11.0. The van der Waals surface area contributed by atoms with Gasteiger partial charge in [0.05, 0.1) is 18.3 Å². The summed E-state index contributed by atoms with van der Waals surface area (Å²) in [6, 6.07) is 7.59. The first-order valence-corrected chi connectivity index (χ1v) is 7.33. The lowest BCUT2D eigenvalue weighted by Gasteiger charge is -2.11. The fourth-order valence-corrected chi connectivity index (χ4v) is 2.13. The molecule has 0 unspecified atom stereocenters. The van der Waals surface area contributed by atoms with Crippen molar-refractivity contribution in [3.05, 3.63) is 41.7 Å². The third-order valence-corrected chi connectivity index (χ3v) is 3.24. The lowest BCUT2D eigenvalue weighted by Crippen LogP contribution is -2.29. The Hall–Kier alpha value is -1.79. The minimum Gasteiger partial charge on any atom is -0.497 e. The molecule has 21 heavy (non-hydrogen) atoms. The highest BCUT2D eigenvalue weighted by molar-refractivity contribution is 7.80. The molecule has 0 aliphatic heterocycles. The second-order valence-corrected chi connectivity index (χ2v) is 5.23. The quantitative estimate of drug-likeness (QED) is 0.632. The van der Waals surface area contributed by atoms with Crippen LogP contribution < -0.4 is 15.4 Å². The van der Waals surface area contributed by atoms with E-state index in [1.807, 2.05) is 28.9 Å². The predicted octanol–water partition coefficient (Wildman–Crippen LogP) is 2.92. The Balaban J connectivity index is 1.67. The Morgan fingerprint density at radius 1 is 1.38 bits per heavy atom. The van der Waals surface area contributed by atoms with Crippen LogP contribution >= 0.6 is 23.8 Å². The number of methoxy groups -OCH3 is 1. The molecule has 2 aromatic rings. The number of nitrogens with one attached hydrogen (secondary N) is 2. The molecule has 2 N–H and O–H groups in total. The van der Waals surface area contributed by atoms with Gasteiger partial charge in [0.15, 0.2) is 5.11 Å². The highest BCUT2D eigenvalue weighted by Gasteiger charge is 1.99. The first kappa shape index (κ1) is 15.6. The lowest BCUT2D eigenvalue weighted by molar-refractivity contribution is 0.415. The van der Waals surface area contributed by atoms with Gasteiger partial charge >= 0.3 is 0 Å². The van der Waals surface area contributed by atoms with Gasteiger partial charge in [-0.15, -0.1) is 0 Å². The van der Waals surface area contributed by atoms with Crippen molar-refractivity contribution in [1.29, 1.82) is 0 Å². The second-order valence-electron chi connectivity index (χ2n) is 4.38. The highest BCUT2D eigenvalue weighted by atomic mass is 35.5. The molecule has 1 aromatic heterocycles. The molecule has 5 nitrogen and oxygen atoms in total. The van der Waals surface area contributed by atoms with Crippen molar-refractivity contribution in [3.63, 3.8) is 0 Å². The normalized spacial score (nSPS) is 10.2. The summed E-state index contributed by atoms with van der Waals surface area (Å²) in [5.74, 6) is 0.817. The van der Waals surface area contributed by atoms with Crippen molar-refractivity contribution in [2.45, 2.75) is 13.0 Å². The third kappa shape index (κ3) is 5.24. The summed E-state index contributed by atoms with van der Waals surface area (Å²) in [5.41, 5.74) is 0.923. The molecular weight excluding hydrogens is 308 g/mol. The van der Waals surface area contributed by atoms with Crippen LogP contribution in [-0.2, 0) is 6.54 Å². The third-order valence-electron chi connectivity index (χ3n) is 2.80. The molecule has 0 aliphatic rings. The molecular formula is C14H17ClN4OS. The molecule has 0 saturated carbocycles. The number of halogens is 1. The van der Waals surface area contributed by atoms with Crippen LogP contribution in [0.2, 0.25) is 5.02 Å². The summed E-state index contributed by atoms with van der Waals surface area (Å²) < 4.78 is 6.91. The van der Waals surface area contributed by atoms with Crippen LogP contribution in [0.15, 0.2) is 36.7 Å². The summed E-state index contributed by atoms with van der Waals surface area (Å²) in [7, 11) is 1.64. The van der Waals surface area contributed by atoms with E-state index in [0.717, 1.165) is 30.9 Å². The maximum absolute atomic E-state index is 5.80. The Morgan fingerprint density at radius 3 is 2.76 bits per heavy atom. The second kappa shape index (κ2) is 7.85. The maximum Gasteiger partial charge on any atom is 0.170 e. The molecule has 1 aromatic carbocycles. The zero-order chi connectivity index (χ0) is 15.1. The molecule has 0 atom stereocenters. The van der Waals surface area contributed by atoms with Crippen molar-refractivity contribution in [2.24, 2.45) is 0 Å². The van der Waals surface area contributed by atoms with E-state index in [9.17, 15) is 0 Å². The topological polar surface area (TPSA) is 51.1 Å². The Morgan fingerprint density at radius 2 is 2.14 bits per heavy atom. The molecule has 2 rings (SSSR count). The Labute approximate surface area is 134 Å². The van der Waals surface area contributed by atoms with Crippen molar-refractivity contribution >= 4 is 34.6 Å². The molecule has 0 saturated heterocycles. The van der Waals surface area contributed by atoms with Crippen LogP contribution in [0.5, 0.6) is 5.75 Å². The van der Waals surface area contributed by atoms with Gasteiger partial charge in [-0.25, -0.2) is 0 Å². The molecule has 1 heterocycles. The molecule has 0 radical (unpaired) electrons. The molecule has 0 bridgehead atoms. The van der Waals surface area contributed by atoms with E-state index in [4.69, 9.17) is 28.6 Å². The van der Waals surface area contributed by atoms with Gasteiger partial charge in [-0.2, -0.15) is 5.10 Å². The number of rotatable bonds is 6. The SMILES string of the molecule is COc1ccc(NC(=S)NCCCn2cc(Cl)cn2)cc1. The largest absolute Gasteiger partial charge is 0.497 e. The highest BCUT2D eigenvalue weighted by Crippen LogP contribution is 2.14. The maximum atomic E-state index is 5.80. The Kier molecular flexibility index (Phi) is 5.83. The fraction of sp³-hybridized carbons (Fsp3) is 0.286. The number of anilines is 1. The van der Waals surface area contributed by atoms with E-state index in [0.29, 0.717) is 10.1 Å². The Bertz CT molecular complexity index is 585. The van der Waals surface area contributed by atoms with Crippen LogP contribution in [-0.4, -0.2) is 28.5 Å². The van der Waals surface area contributed by atoms with Crippen LogP contribution in [0.3, 0.4) is 0 Å². The molecule has 7 heteroatoms. The van der Waals surface area contributed by atoms with Gasteiger partial charge in [0.1, 0.15) is 5.75 Å². The number of aryl methyl sites for hydroxylation is 1. The zero-order valence-electron chi connectivity index (χ0n) is 11.7. The average molecular weight is 325 g/mol. The van der Waals surface area contributed by atoms with Crippen LogP contribution in [0.25, 0.3) is 0 Å². The van der Waals surface area contributed by atoms with Crippen molar-refractivity contribution in [2.75, 3.05) is 19.0 Å². The van der Waals surface area contributed by atoms with Gasteiger partial charge in [0, 0.05) is 25.0 Å². The molecule has 0 fully saturated rings. The average Bonchev–Trinajstić information content (AvgIpc) is 2.90. The summed E-state index contributed by atoms with van der Waals surface area (Å²) in [5, 5.41) is 11.6. The van der Waals surface area contributed by atoms with Crippen molar-refractivity contribution in [3.8, 4) is 5.75 Å². The number of thiocarbonyl (C=S) groups is 1. The summed E-state index contributed by atoms with van der Waals surface area (Å²) in [6.07, 6.45) is 4.34. The van der Waals surface area contributed by atoms with Gasteiger partial charge in [-0.3, -0.25) is 4.68 Å². The number of benzene rings is 1. The first-order valence-electron chi connectivity index (χ1n) is 6.54. The van der Waals surface area contributed by atoms with Crippen LogP contribution in [0.4, 0.5) is 5.69 Å². The minimum absolute atomic E-state index is 0.596. The predicted molar refractivity (Wildman–Crippen MR) is 89.1 cm³/mol. The van der Waals surface area contributed by atoms with E-state index in [1.54, 1.807) is 19.5 Å². The van der Waals surface area contributed by atoms with Gasteiger partial charge in [0.25, 0.3) is 0 Å². The number of hydrogen-bond donors (Lipinski definition) is 2. The van der Waals surface area contributed by atoms with Crippen molar-refractivity contribution in [1.82, 2.24) is 15.1 Å². The van der Waals surface area contributed by atoms with E-state index in [1.165, 1.54) is 0 Å². The smallest absolute Gasteiger partial charge is 0.170 e. The van der Waals surface area contributed by atoms with Crippen molar-refractivity contribution < 1.29 is 4.74 Å². The number of nitrogens with zero attached hydrogens (tertiary/aromatic N) is 2. The summed E-state index contributed by atoms with van der Waals surface area (Å²) in [4.78, 5) is 0. The molecule has 112 valence electrons. The standard InChI is InChI=1S/C14H17ClN4OS/c1-20-13-5-3-12(4-6-13)18-14(21)16-7-2-8-19-10-11(15)9-17-19/h3-6,9-10H,2,7-8H2,1H3,(H2,16,18,21). The first-order chi connectivity index (χ1) is 10.2. The number of ether oxygens (including phenoxy) is 1. The van der Waals surface area contributed by atoms with Gasteiger partial charge in [0.2, 0.25) is 0 Å². The number of aromatic nitrogens is 2. The van der Waals surface area contributed by atoms with Gasteiger partial charge in [-0.1, -0.05) is 11.6 Å². The fourth-order valence-electron chi connectivity index (χ4n) is 1.75. The van der Waals surface area contributed by atoms with Crippen LogP contribution in [0, 0.1) is 0 Å². The van der Waals surface area contributed by atoms with Gasteiger partial charge in [-0.05, 0) is 42.9 Å². The monoisotopic (exact) mass is 324 g/mol.